The van der Waals surface area contributed by atoms with Crippen molar-refractivity contribution in [3.8, 4) is 11.3 Å². The quantitative estimate of drug-likeness (QED) is 0.383. The van der Waals surface area contributed by atoms with Crippen LogP contribution in [0.15, 0.2) is 77.4 Å². The fourth-order valence-electron chi connectivity index (χ4n) is 3.68. The van der Waals surface area contributed by atoms with E-state index in [-0.39, 0.29) is 11.5 Å². The molecular weight excluding hydrogens is 328 g/mol. The maximum atomic E-state index is 11.4. The number of nitro groups is 1. The molecule has 26 heavy (non-hydrogen) atoms. The number of furan rings is 1. The van der Waals surface area contributed by atoms with Crippen molar-refractivity contribution in [2.45, 2.75) is 5.92 Å². The Hall–Kier alpha value is -3.34. The molecule has 0 spiro atoms. The van der Waals surface area contributed by atoms with E-state index in [4.69, 9.17) is 4.42 Å². The summed E-state index contributed by atoms with van der Waals surface area (Å²) in [4.78, 5) is 11.2. The van der Waals surface area contributed by atoms with Crippen LogP contribution in [-0.2, 0) is 7.05 Å². The highest BCUT2D eigenvalue weighted by Gasteiger charge is 2.30. The molecule has 0 N–H and O–H groups in total. The standard InChI is InChI=1S/C21H18N2O3/c1-22-18-11-6-5-10-16(18)20(21(22)15-8-3-2-4-9-15)17(14-23(24)25)19-12-7-13-26-19/h2-13,17H,14H2,1H3. The topological polar surface area (TPSA) is 61.2 Å². The van der Waals surface area contributed by atoms with Crippen molar-refractivity contribution in [3.05, 3.63) is 94.4 Å². The lowest BCUT2D eigenvalue weighted by molar-refractivity contribution is -0.482. The highest BCUT2D eigenvalue weighted by molar-refractivity contribution is 5.92. The largest absolute Gasteiger partial charge is 0.468 e. The molecule has 0 radical (unpaired) electrons. The molecule has 2 aromatic heterocycles. The second-order valence-electron chi connectivity index (χ2n) is 6.29. The molecule has 2 heterocycles. The SMILES string of the molecule is Cn1c(-c2ccccc2)c(C(C[N+](=O)[O-])c2ccco2)c2ccccc21. The van der Waals surface area contributed by atoms with E-state index in [1.807, 2.05) is 67.7 Å². The predicted molar refractivity (Wildman–Crippen MR) is 101 cm³/mol. The fraction of sp³-hybridized carbons (Fsp3) is 0.143. The van der Waals surface area contributed by atoms with Gasteiger partial charge < -0.3 is 8.98 Å². The third-order valence-electron chi connectivity index (χ3n) is 4.76. The van der Waals surface area contributed by atoms with Crippen molar-refractivity contribution in [1.29, 1.82) is 0 Å². The minimum atomic E-state index is -0.457. The maximum absolute atomic E-state index is 11.4. The minimum absolute atomic E-state index is 0.221. The lowest BCUT2D eigenvalue weighted by atomic mass is 9.91. The number of rotatable bonds is 5. The Balaban J connectivity index is 2.05. The molecule has 0 amide bonds. The molecule has 0 aliphatic heterocycles. The number of aromatic nitrogens is 1. The van der Waals surface area contributed by atoms with Crippen LogP contribution in [0.4, 0.5) is 0 Å². The van der Waals surface area contributed by atoms with Gasteiger partial charge in [-0.05, 0) is 23.8 Å². The van der Waals surface area contributed by atoms with Gasteiger partial charge in [0, 0.05) is 28.4 Å². The lowest BCUT2D eigenvalue weighted by Crippen LogP contribution is -2.14. The zero-order valence-electron chi connectivity index (χ0n) is 14.3. The number of hydrogen-bond donors (Lipinski definition) is 0. The Morgan fingerprint density at radius 1 is 1.04 bits per heavy atom. The molecule has 0 fully saturated rings. The predicted octanol–water partition coefficient (Wildman–Crippen LogP) is 4.85. The van der Waals surface area contributed by atoms with Gasteiger partial charge in [0.25, 0.3) is 0 Å². The third-order valence-corrected chi connectivity index (χ3v) is 4.76. The van der Waals surface area contributed by atoms with Crippen molar-refractivity contribution in [2.24, 2.45) is 7.05 Å². The summed E-state index contributed by atoms with van der Waals surface area (Å²) in [5.41, 5.74) is 3.98. The molecule has 2 aromatic carbocycles. The Morgan fingerprint density at radius 3 is 2.46 bits per heavy atom. The van der Waals surface area contributed by atoms with Crippen LogP contribution in [-0.4, -0.2) is 16.0 Å². The average Bonchev–Trinajstić information content (AvgIpc) is 3.28. The highest BCUT2D eigenvalue weighted by Crippen LogP contribution is 2.40. The normalized spacial score (nSPS) is 12.3. The Bertz CT molecular complexity index is 1050. The first kappa shape index (κ1) is 16.1. The van der Waals surface area contributed by atoms with E-state index in [1.54, 1.807) is 12.3 Å². The van der Waals surface area contributed by atoms with Crippen molar-refractivity contribution < 1.29 is 9.34 Å². The molecule has 1 unspecified atom stereocenters. The monoisotopic (exact) mass is 346 g/mol. The molecular formula is C21H18N2O3. The number of fused-ring (bicyclic) bond motifs is 1. The number of para-hydroxylation sites is 1. The summed E-state index contributed by atoms with van der Waals surface area (Å²) < 4.78 is 7.69. The van der Waals surface area contributed by atoms with Crippen LogP contribution in [0.2, 0.25) is 0 Å². The van der Waals surface area contributed by atoms with E-state index in [0.29, 0.717) is 5.76 Å². The van der Waals surface area contributed by atoms with Crippen LogP contribution >= 0.6 is 0 Å². The van der Waals surface area contributed by atoms with E-state index in [2.05, 4.69) is 4.57 Å². The van der Waals surface area contributed by atoms with Gasteiger partial charge in [0.05, 0.1) is 12.0 Å². The van der Waals surface area contributed by atoms with Gasteiger partial charge in [-0.15, -0.1) is 0 Å². The van der Waals surface area contributed by atoms with Gasteiger partial charge >= 0.3 is 0 Å². The van der Waals surface area contributed by atoms with Gasteiger partial charge in [-0.3, -0.25) is 10.1 Å². The first-order valence-corrected chi connectivity index (χ1v) is 8.44. The Kier molecular flexibility index (Phi) is 4.05. The Morgan fingerprint density at radius 2 is 1.77 bits per heavy atom. The van der Waals surface area contributed by atoms with Crippen molar-refractivity contribution in [3.63, 3.8) is 0 Å². The summed E-state index contributed by atoms with van der Waals surface area (Å²) in [6.45, 7) is -0.221. The smallest absolute Gasteiger partial charge is 0.217 e. The molecule has 0 saturated heterocycles. The number of hydrogen-bond acceptors (Lipinski definition) is 3. The molecule has 4 rings (SSSR count). The zero-order chi connectivity index (χ0) is 18.1. The zero-order valence-corrected chi connectivity index (χ0v) is 14.3. The summed E-state index contributed by atoms with van der Waals surface area (Å²) >= 11 is 0. The highest BCUT2D eigenvalue weighted by atomic mass is 16.6. The van der Waals surface area contributed by atoms with E-state index in [0.717, 1.165) is 27.7 Å². The molecule has 4 aromatic rings. The first-order valence-electron chi connectivity index (χ1n) is 8.44. The lowest BCUT2D eigenvalue weighted by Gasteiger charge is -2.14. The summed E-state index contributed by atoms with van der Waals surface area (Å²) in [7, 11) is 2.00. The van der Waals surface area contributed by atoms with Crippen molar-refractivity contribution in [2.75, 3.05) is 6.54 Å². The van der Waals surface area contributed by atoms with E-state index < -0.39 is 5.92 Å². The molecule has 0 bridgehead atoms. The number of aryl methyl sites for hydroxylation is 1. The van der Waals surface area contributed by atoms with Gasteiger partial charge in [0.15, 0.2) is 0 Å². The molecule has 5 nitrogen and oxygen atoms in total. The molecule has 0 aliphatic rings. The van der Waals surface area contributed by atoms with E-state index in [9.17, 15) is 10.1 Å². The second kappa shape index (κ2) is 6.52. The molecule has 1 atom stereocenters. The Labute approximate surface area is 150 Å². The van der Waals surface area contributed by atoms with Crippen LogP contribution < -0.4 is 0 Å². The number of nitrogens with zero attached hydrogens (tertiary/aromatic N) is 2. The number of benzene rings is 2. The maximum Gasteiger partial charge on any atom is 0.217 e. The molecule has 0 aliphatic carbocycles. The van der Waals surface area contributed by atoms with Gasteiger partial charge in [0.1, 0.15) is 11.7 Å². The summed E-state index contributed by atoms with van der Waals surface area (Å²) in [6, 6.07) is 21.6. The third kappa shape index (κ3) is 2.67. The van der Waals surface area contributed by atoms with Crippen molar-refractivity contribution >= 4 is 10.9 Å². The molecule has 130 valence electrons. The van der Waals surface area contributed by atoms with Gasteiger partial charge in [-0.25, -0.2) is 0 Å². The van der Waals surface area contributed by atoms with Gasteiger partial charge in [0.2, 0.25) is 6.54 Å². The summed E-state index contributed by atoms with van der Waals surface area (Å²) in [5.74, 6) is 0.150. The van der Waals surface area contributed by atoms with E-state index in [1.165, 1.54) is 0 Å². The second-order valence-corrected chi connectivity index (χ2v) is 6.29. The molecule has 0 saturated carbocycles. The van der Waals surface area contributed by atoms with Gasteiger partial charge in [-0.1, -0.05) is 48.5 Å². The summed E-state index contributed by atoms with van der Waals surface area (Å²) in [6.07, 6.45) is 1.57. The minimum Gasteiger partial charge on any atom is -0.468 e. The van der Waals surface area contributed by atoms with Crippen LogP contribution in [0.5, 0.6) is 0 Å². The first-order chi connectivity index (χ1) is 12.7. The van der Waals surface area contributed by atoms with Crippen LogP contribution in [0, 0.1) is 10.1 Å². The van der Waals surface area contributed by atoms with E-state index >= 15 is 0 Å². The fourth-order valence-corrected chi connectivity index (χ4v) is 3.68. The van der Waals surface area contributed by atoms with Crippen LogP contribution in [0.3, 0.4) is 0 Å². The molecule has 5 heteroatoms. The van der Waals surface area contributed by atoms with Crippen LogP contribution in [0.1, 0.15) is 17.2 Å². The van der Waals surface area contributed by atoms with Crippen molar-refractivity contribution in [1.82, 2.24) is 4.57 Å². The summed E-state index contributed by atoms with van der Waals surface area (Å²) in [5, 5.41) is 12.4. The average molecular weight is 346 g/mol. The van der Waals surface area contributed by atoms with Crippen LogP contribution in [0.25, 0.3) is 22.2 Å². The van der Waals surface area contributed by atoms with Gasteiger partial charge in [-0.2, -0.15) is 0 Å².